The minimum atomic E-state index is -4.71. The first kappa shape index (κ1) is 24.4. The van der Waals surface area contributed by atoms with Crippen LogP contribution in [0.15, 0.2) is 40.4 Å². The van der Waals surface area contributed by atoms with Crippen LogP contribution in [0.25, 0.3) is 11.1 Å². The number of nitrogens with zero attached hydrogens (tertiary/aromatic N) is 4. The highest BCUT2D eigenvalue weighted by atomic mass is 35.5. The molecule has 14 heteroatoms. The number of hydrogen-bond acceptors (Lipinski definition) is 6. The van der Waals surface area contributed by atoms with Crippen LogP contribution >= 0.6 is 34.5 Å². The Hall–Kier alpha value is -2.28. The van der Waals surface area contributed by atoms with Gasteiger partial charge < -0.3 is 0 Å². The molecule has 2 aromatic heterocycles. The topological polar surface area (TPSA) is 94.3 Å². The highest BCUT2D eigenvalue weighted by Gasteiger charge is 2.35. The first-order valence-electron chi connectivity index (χ1n) is 8.72. The van der Waals surface area contributed by atoms with Crippen molar-refractivity contribution in [3.63, 3.8) is 0 Å². The molecule has 32 heavy (non-hydrogen) atoms. The average molecular weight is 525 g/mol. The van der Waals surface area contributed by atoms with E-state index in [1.807, 2.05) is 0 Å². The number of alkyl halides is 3. The molecule has 3 rings (SSSR count). The number of halogens is 5. The minimum absolute atomic E-state index is 0.146. The van der Waals surface area contributed by atoms with Crippen molar-refractivity contribution in [2.45, 2.75) is 18.0 Å². The van der Waals surface area contributed by atoms with Crippen molar-refractivity contribution in [3.05, 3.63) is 56.0 Å². The van der Waals surface area contributed by atoms with Crippen molar-refractivity contribution in [2.24, 2.45) is 12.0 Å². The minimum Gasteiger partial charge on any atom is -0.265 e. The van der Waals surface area contributed by atoms with Crippen LogP contribution in [0, 0.1) is 0 Å². The molecule has 1 amide bonds. The summed E-state index contributed by atoms with van der Waals surface area (Å²) in [7, 11) is -2.76. The summed E-state index contributed by atoms with van der Waals surface area (Å²) in [6.45, 7) is 1.38. The molecule has 0 unspecified atom stereocenters. The maximum Gasteiger partial charge on any atom is 0.445 e. The van der Waals surface area contributed by atoms with E-state index < -0.39 is 37.5 Å². The third kappa shape index (κ3) is 5.03. The number of hydrogen-bond donors (Lipinski definition) is 0. The summed E-state index contributed by atoms with van der Waals surface area (Å²) in [5.41, 5.74) is 0.325. The molecular formula is C18H13Cl2F3N4O3S2. The first-order chi connectivity index (χ1) is 14.8. The number of amides is 1. The van der Waals surface area contributed by atoms with Crippen molar-refractivity contribution >= 4 is 50.3 Å². The first-order valence-corrected chi connectivity index (χ1v) is 11.9. The summed E-state index contributed by atoms with van der Waals surface area (Å²) in [6, 6.07) is 5.85. The predicted molar refractivity (Wildman–Crippen MR) is 113 cm³/mol. The Morgan fingerprint density at radius 1 is 1.19 bits per heavy atom. The van der Waals surface area contributed by atoms with Gasteiger partial charge in [0.2, 0.25) is 9.81 Å². The zero-order valence-corrected chi connectivity index (χ0v) is 19.5. The Kier molecular flexibility index (Phi) is 6.80. The summed E-state index contributed by atoms with van der Waals surface area (Å²) < 4.78 is 64.7. The molecule has 0 saturated carbocycles. The van der Waals surface area contributed by atoms with E-state index in [2.05, 4.69) is 15.1 Å². The molecule has 170 valence electrons. The summed E-state index contributed by atoms with van der Waals surface area (Å²) >= 11 is 12.1. The quantitative estimate of drug-likeness (QED) is 0.503. The lowest BCUT2D eigenvalue weighted by Gasteiger charge is -2.09. The fraction of sp³-hybridized carbons (Fsp3) is 0.222. The predicted octanol–water partition coefficient (Wildman–Crippen LogP) is 4.40. The van der Waals surface area contributed by atoms with Crippen LogP contribution in [0.2, 0.25) is 10.0 Å². The lowest BCUT2D eigenvalue weighted by molar-refractivity contribution is -0.138. The van der Waals surface area contributed by atoms with Gasteiger partial charge in [0.05, 0.1) is 20.7 Å². The fourth-order valence-corrected chi connectivity index (χ4v) is 4.64. The van der Waals surface area contributed by atoms with E-state index in [4.69, 9.17) is 23.2 Å². The summed E-state index contributed by atoms with van der Waals surface area (Å²) in [5, 5.41) is 2.62. The van der Waals surface area contributed by atoms with Crippen LogP contribution in [0.4, 0.5) is 13.2 Å². The van der Waals surface area contributed by atoms with E-state index in [0.29, 0.717) is 16.1 Å². The van der Waals surface area contributed by atoms with E-state index in [9.17, 15) is 26.4 Å². The zero-order valence-electron chi connectivity index (χ0n) is 16.3. The third-order valence-corrected chi connectivity index (χ3v) is 7.69. The summed E-state index contributed by atoms with van der Waals surface area (Å²) in [6.07, 6.45) is -3.47. The average Bonchev–Trinajstić information content (AvgIpc) is 3.10. The number of carbonyl (C=O) groups is 1. The lowest BCUT2D eigenvalue weighted by atomic mass is 10.1. The molecule has 0 aliphatic rings. The number of aromatic nitrogens is 3. The monoisotopic (exact) mass is 524 g/mol. The molecule has 0 spiro atoms. The number of aryl methyl sites for hydroxylation is 1. The molecule has 3 aromatic rings. The molecule has 0 N–H and O–H groups in total. The van der Waals surface area contributed by atoms with Crippen molar-refractivity contribution in [1.82, 2.24) is 14.8 Å². The van der Waals surface area contributed by atoms with Gasteiger partial charge in [-0.05, 0) is 23.8 Å². The van der Waals surface area contributed by atoms with Gasteiger partial charge in [-0.3, -0.25) is 4.79 Å². The molecule has 0 bridgehead atoms. The molecule has 0 saturated heterocycles. The number of carbonyl (C=O) groups excluding carboxylic acids is 1. The molecule has 1 aromatic carbocycles. The van der Waals surface area contributed by atoms with Gasteiger partial charge in [0.15, 0.2) is 9.84 Å². The largest absolute Gasteiger partial charge is 0.445 e. The number of benzene rings is 1. The van der Waals surface area contributed by atoms with Crippen molar-refractivity contribution < 1.29 is 26.4 Å². The third-order valence-electron chi connectivity index (χ3n) is 4.17. The van der Waals surface area contributed by atoms with Crippen LogP contribution in [-0.2, 0) is 23.1 Å². The Balaban J connectivity index is 2.15. The SMILES string of the molecule is CCS(=O)(=O)c1cc(-c2ccc(Cl)c(Cl)c2)cnc1C(=O)N=c1sc(C(F)(F)F)nn1C. The van der Waals surface area contributed by atoms with E-state index in [1.54, 1.807) is 6.07 Å². The van der Waals surface area contributed by atoms with Crippen molar-refractivity contribution in [2.75, 3.05) is 5.75 Å². The van der Waals surface area contributed by atoms with Gasteiger partial charge >= 0.3 is 6.18 Å². The Bertz CT molecular complexity index is 1380. The fourth-order valence-electron chi connectivity index (χ4n) is 2.53. The van der Waals surface area contributed by atoms with Crippen LogP contribution in [0.5, 0.6) is 0 Å². The number of rotatable bonds is 4. The molecule has 0 radical (unpaired) electrons. The molecular weight excluding hydrogens is 512 g/mol. The molecule has 2 heterocycles. The molecule has 7 nitrogen and oxygen atoms in total. The Morgan fingerprint density at radius 3 is 2.44 bits per heavy atom. The van der Waals surface area contributed by atoms with Crippen LogP contribution < -0.4 is 4.80 Å². The van der Waals surface area contributed by atoms with Gasteiger partial charge in [-0.2, -0.15) is 23.3 Å². The standard InChI is InChI=1S/C18H13Cl2F3N4O3S2/c1-3-32(29,30)13-7-10(9-4-5-11(19)12(20)6-9)8-24-14(13)15(28)25-17-27(2)26-16(31-17)18(21,22)23/h4-8H,3H2,1-2H3. The zero-order chi connectivity index (χ0) is 23.8. The normalized spacial score (nSPS) is 12.9. The van der Waals surface area contributed by atoms with E-state index in [-0.39, 0.29) is 26.9 Å². The smallest absolute Gasteiger partial charge is 0.265 e. The van der Waals surface area contributed by atoms with Crippen LogP contribution in [0.3, 0.4) is 0 Å². The van der Waals surface area contributed by atoms with E-state index in [1.165, 1.54) is 38.4 Å². The second kappa shape index (κ2) is 8.93. The van der Waals surface area contributed by atoms with Gasteiger partial charge in [-0.15, -0.1) is 0 Å². The van der Waals surface area contributed by atoms with Crippen molar-refractivity contribution in [3.8, 4) is 11.1 Å². The number of sulfone groups is 1. The molecule has 0 fully saturated rings. The second-order valence-corrected chi connectivity index (χ2v) is 10.3. The van der Waals surface area contributed by atoms with Crippen LogP contribution in [0.1, 0.15) is 22.4 Å². The lowest BCUT2D eigenvalue weighted by Crippen LogP contribution is -2.18. The maximum absolute atomic E-state index is 12.9. The van der Waals surface area contributed by atoms with Gasteiger partial charge in [0.25, 0.3) is 5.91 Å². The molecule has 0 aliphatic heterocycles. The summed E-state index contributed by atoms with van der Waals surface area (Å²) in [4.78, 5) is 19.5. The van der Waals surface area contributed by atoms with Gasteiger partial charge in [0.1, 0.15) is 5.69 Å². The summed E-state index contributed by atoms with van der Waals surface area (Å²) in [5.74, 6) is -1.46. The second-order valence-electron chi connectivity index (χ2n) is 6.33. The van der Waals surface area contributed by atoms with E-state index >= 15 is 0 Å². The highest BCUT2D eigenvalue weighted by molar-refractivity contribution is 7.91. The highest BCUT2D eigenvalue weighted by Crippen LogP contribution is 2.31. The van der Waals surface area contributed by atoms with Gasteiger partial charge in [0, 0.05) is 18.8 Å². The van der Waals surface area contributed by atoms with Crippen molar-refractivity contribution in [1.29, 1.82) is 0 Å². The molecule has 0 atom stereocenters. The molecule has 0 aliphatic carbocycles. The Labute approximate surface area is 194 Å². The van der Waals surface area contributed by atoms with Gasteiger partial charge in [-0.1, -0.05) is 47.5 Å². The van der Waals surface area contributed by atoms with Crippen LogP contribution in [-0.4, -0.2) is 34.8 Å². The maximum atomic E-state index is 12.9. The number of pyridine rings is 1. The van der Waals surface area contributed by atoms with E-state index in [0.717, 1.165) is 4.68 Å². The van der Waals surface area contributed by atoms with Gasteiger partial charge in [-0.25, -0.2) is 18.1 Å². The Morgan fingerprint density at radius 2 is 1.88 bits per heavy atom.